The van der Waals surface area contributed by atoms with Gasteiger partial charge in [-0.2, -0.15) is 0 Å². The van der Waals surface area contributed by atoms with E-state index < -0.39 is 5.60 Å². The van der Waals surface area contributed by atoms with E-state index in [1.807, 2.05) is 38.2 Å². The molecule has 0 spiro atoms. The van der Waals surface area contributed by atoms with Crippen LogP contribution in [-0.2, 0) is 6.54 Å². The highest BCUT2D eigenvalue weighted by Gasteiger charge is 2.16. The van der Waals surface area contributed by atoms with Gasteiger partial charge in [0.15, 0.2) is 0 Å². The first kappa shape index (κ1) is 13.0. The summed E-state index contributed by atoms with van der Waals surface area (Å²) in [5.74, 6) is 0. The predicted octanol–water partition coefficient (Wildman–Crippen LogP) is 2.49. The molecule has 18 heavy (non-hydrogen) atoms. The van der Waals surface area contributed by atoms with Crippen LogP contribution < -0.4 is 5.32 Å². The van der Waals surface area contributed by atoms with Crippen LogP contribution in [0.3, 0.4) is 0 Å². The first-order valence-corrected chi connectivity index (χ1v) is 6.37. The van der Waals surface area contributed by atoms with Crippen LogP contribution in [0.5, 0.6) is 0 Å². The van der Waals surface area contributed by atoms with Crippen molar-refractivity contribution >= 4 is 10.9 Å². The maximum absolute atomic E-state index is 9.89. The van der Waals surface area contributed by atoms with E-state index in [1.165, 1.54) is 0 Å². The smallest absolute Gasteiger partial charge is 0.0741 e. The summed E-state index contributed by atoms with van der Waals surface area (Å²) in [5, 5.41) is 14.3. The Hall–Kier alpha value is -1.45. The number of hydrogen-bond acceptors (Lipinski definition) is 3. The van der Waals surface area contributed by atoms with Crippen molar-refractivity contribution in [1.82, 2.24) is 10.3 Å². The lowest BCUT2D eigenvalue weighted by Crippen LogP contribution is -2.36. The highest BCUT2D eigenvalue weighted by Crippen LogP contribution is 2.13. The summed E-state index contributed by atoms with van der Waals surface area (Å²) < 4.78 is 0. The maximum atomic E-state index is 9.89. The Morgan fingerprint density at radius 1 is 1.33 bits per heavy atom. The van der Waals surface area contributed by atoms with Crippen molar-refractivity contribution in [2.75, 3.05) is 6.54 Å². The number of rotatable bonds is 5. The summed E-state index contributed by atoms with van der Waals surface area (Å²) in [6.45, 7) is 5.15. The lowest BCUT2D eigenvalue weighted by atomic mass is 10.0. The minimum atomic E-state index is -0.635. The lowest BCUT2D eigenvalue weighted by molar-refractivity contribution is 0.0555. The molecule has 0 saturated carbocycles. The van der Waals surface area contributed by atoms with Crippen LogP contribution in [0.25, 0.3) is 10.9 Å². The molecule has 0 aliphatic heterocycles. The monoisotopic (exact) mass is 244 g/mol. The molecule has 1 aromatic carbocycles. The fraction of sp³-hybridized carbons (Fsp3) is 0.400. The zero-order chi connectivity index (χ0) is 13.0. The van der Waals surface area contributed by atoms with Gasteiger partial charge in [0, 0.05) is 24.7 Å². The second kappa shape index (κ2) is 5.46. The number of pyridine rings is 1. The highest BCUT2D eigenvalue weighted by molar-refractivity contribution is 5.78. The quantitative estimate of drug-likeness (QED) is 0.849. The van der Waals surface area contributed by atoms with Crippen molar-refractivity contribution in [3.8, 4) is 0 Å². The Morgan fingerprint density at radius 3 is 2.89 bits per heavy atom. The van der Waals surface area contributed by atoms with Gasteiger partial charge in [-0.15, -0.1) is 0 Å². The number of hydrogen-bond donors (Lipinski definition) is 2. The molecule has 0 saturated heterocycles. The van der Waals surface area contributed by atoms with Crippen LogP contribution in [0.1, 0.15) is 25.8 Å². The third-order valence-electron chi connectivity index (χ3n) is 3.24. The van der Waals surface area contributed by atoms with Crippen LogP contribution in [0, 0.1) is 0 Å². The summed E-state index contributed by atoms with van der Waals surface area (Å²) in [4.78, 5) is 4.41. The van der Waals surface area contributed by atoms with Gasteiger partial charge in [0.25, 0.3) is 0 Å². The van der Waals surface area contributed by atoms with Crippen LogP contribution in [0.15, 0.2) is 36.5 Å². The molecule has 1 heterocycles. The average Bonchev–Trinajstić information content (AvgIpc) is 2.38. The summed E-state index contributed by atoms with van der Waals surface area (Å²) in [7, 11) is 0. The molecule has 96 valence electrons. The van der Waals surface area contributed by atoms with Gasteiger partial charge < -0.3 is 10.4 Å². The fourth-order valence-electron chi connectivity index (χ4n) is 1.81. The third kappa shape index (κ3) is 3.28. The Morgan fingerprint density at radius 2 is 2.11 bits per heavy atom. The van der Waals surface area contributed by atoms with Crippen molar-refractivity contribution in [2.45, 2.75) is 32.4 Å². The molecule has 3 nitrogen and oxygen atoms in total. The normalized spacial score (nSPS) is 14.6. The van der Waals surface area contributed by atoms with Gasteiger partial charge in [0.05, 0.1) is 11.1 Å². The first-order valence-electron chi connectivity index (χ1n) is 6.37. The largest absolute Gasteiger partial charge is 0.389 e. The molecule has 1 atom stereocenters. The van der Waals surface area contributed by atoms with Gasteiger partial charge >= 0.3 is 0 Å². The zero-order valence-corrected chi connectivity index (χ0v) is 11.0. The number of benzene rings is 1. The molecule has 1 unspecified atom stereocenters. The van der Waals surface area contributed by atoms with E-state index in [0.29, 0.717) is 6.54 Å². The first-order chi connectivity index (χ1) is 8.61. The molecule has 1 aromatic heterocycles. The van der Waals surface area contributed by atoms with Gasteiger partial charge in [-0.05, 0) is 31.0 Å². The number of nitrogens with one attached hydrogen (secondary N) is 1. The second-order valence-corrected chi connectivity index (χ2v) is 4.99. The van der Waals surface area contributed by atoms with E-state index in [-0.39, 0.29) is 0 Å². The molecule has 3 heteroatoms. The van der Waals surface area contributed by atoms with Crippen molar-refractivity contribution < 1.29 is 5.11 Å². The Labute approximate surface area is 108 Å². The van der Waals surface area contributed by atoms with E-state index in [0.717, 1.165) is 29.4 Å². The summed E-state index contributed by atoms with van der Waals surface area (Å²) >= 11 is 0. The minimum Gasteiger partial charge on any atom is -0.389 e. The van der Waals surface area contributed by atoms with Crippen molar-refractivity contribution in [3.05, 3.63) is 42.1 Å². The SMILES string of the molecule is CCC(C)(O)CNCc1cnc2ccccc2c1. The molecule has 2 aromatic rings. The van der Waals surface area contributed by atoms with Crippen LogP contribution in [0.2, 0.25) is 0 Å². The number of fused-ring (bicyclic) bond motifs is 1. The van der Waals surface area contributed by atoms with E-state index in [4.69, 9.17) is 0 Å². The number of aliphatic hydroxyl groups is 1. The third-order valence-corrected chi connectivity index (χ3v) is 3.24. The van der Waals surface area contributed by atoms with E-state index in [2.05, 4.69) is 22.4 Å². The zero-order valence-electron chi connectivity index (χ0n) is 11.0. The summed E-state index contributed by atoms with van der Waals surface area (Å²) in [6, 6.07) is 10.2. The van der Waals surface area contributed by atoms with Gasteiger partial charge in [0.1, 0.15) is 0 Å². The fourth-order valence-corrected chi connectivity index (χ4v) is 1.81. The predicted molar refractivity (Wildman–Crippen MR) is 74.4 cm³/mol. The second-order valence-electron chi connectivity index (χ2n) is 4.99. The average molecular weight is 244 g/mol. The van der Waals surface area contributed by atoms with Crippen molar-refractivity contribution in [1.29, 1.82) is 0 Å². The van der Waals surface area contributed by atoms with Gasteiger partial charge in [-0.25, -0.2) is 0 Å². The van der Waals surface area contributed by atoms with Crippen LogP contribution >= 0.6 is 0 Å². The molecule has 0 amide bonds. The number of nitrogens with zero attached hydrogens (tertiary/aromatic N) is 1. The van der Waals surface area contributed by atoms with Crippen LogP contribution in [-0.4, -0.2) is 22.2 Å². The minimum absolute atomic E-state index is 0.594. The lowest BCUT2D eigenvalue weighted by Gasteiger charge is -2.21. The molecule has 0 aliphatic rings. The number of para-hydroxylation sites is 1. The van der Waals surface area contributed by atoms with Crippen molar-refractivity contribution in [2.24, 2.45) is 0 Å². The summed E-state index contributed by atoms with van der Waals surface area (Å²) in [6.07, 6.45) is 2.63. The Bertz CT molecular complexity index is 523. The van der Waals surface area contributed by atoms with Gasteiger partial charge in [0.2, 0.25) is 0 Å². The topological polar surface area (TPSA) is 45.1 Å². The summed E-state index contributed by atoms with van der Waals surface area (Å²) in [5.41, 5.74) is 1.52. The van der Waals surface area contributed by atoms with Gasteiger partial charge in [-0.1, -0.05) is 25.1 Å². The Kier molecular flexibility index (Phi) is 3.94. The number of aromatic nitrogens is 1. The molecule has 0 fully saturated rings. The van der Waals surface area contributed by atoms with Crippen molar-refractivity contribution in [3.63, 3.8) is 0 Å². The van der Waals surface area contributed by atoms with E-state index in [9.17, 15) is 5.11 Å². The molecule has 2 N–H and O–H groups in total. The molecule has 0 bridgehead atoms. The standard InChI is InChI=1S/C15H20N2O/c1-3-15(2,18)11-16-9-12-8-13-6-4-5-7-14(13)17-10-12/h4-8,10,16,18H,3,9,11H2,1-2H3. The molecule has 0 aliphatic carbocycles. The van der Waals surface area contributed by atoms with E-state index in [1.54, 1.807) is 0 Å². The van der Waals surface area contributed by atoms with Gasteiger partial charge in [-0.3, -0.25) is 4.98 Å². The molecule has 0 radical (unpaired) electrons. The molecule has 2 rings (SSSR count). The van der Waals surface area contributed by atoms with Crippen LogP contribution in [0.4, 0.5) is 0 Å². The molecular weight excluding hydrogens is 224 g/mol. The Balaban J connectivity index is 2.00. The molecular formula is C15H20N2O. The highest BCUT2D eigenvalue weighted by atomic mass is 16.3. The van der Waals surface area contributed by atoms with E-state index >= 15 is 0 Å². The maximum Gasteiger partial charge on any atom is 0.0741 e.